The average molecular weight is 227 g/mol. The maximum atomic E-state index is 11.9. The Labute approximate surface area is 98.9 Å². The van der Waals surface area contributed by atoms with Crippen LogP contribution in [0, 0.1) is 17.8 Å². The zero-order valence-corrected chi connectivity index (χ0v) is 10.8. The molecule has 16 heavy (non-hydrogen) atoms. The van der Waals surface area contributed by atoms with Crippen LogP contribution in [0.15, 0.2) is 0 Å². The van der Waals surface area contributed by atoms with E-state index in [1.165, 1.54) is 6.42 Å². The van der Waals surface area contributed by atoms with Crippen molar-refractivity contribution >= 4 is 5.78 Å². The van der Waals surface area contributed by atoms with Crippen LogP contribution in [-0.2, 0) is 9.53 Å². The monoisotopic (exact) mass is 227 g/mol. The minimum absolute atomic E-state index is 0.286. The van der Waals surface area contributed by atoms with Gasteiger partial charge in [-0.15, -0.1) is 0 Å². The molecule has 0 aromatic rings. The highest BCUT2D eigenvalue weighted by Gasteiger charge is 2.28. The molecule has 1 aliphatic rings. The first kappa shape index (κ1) is 13.7. The first-order chi connectivity index (χ1) is 7.63. The first-order valence-corrected chi connectivity index (χ1v) is 6.35. The molecule has 94 valence electrons. The van der Waals surface area contributed by atoms with Crippen molar-refractivity contribution in [3.63, 3.8) is 0 Å². The molecule has 1 fully saturated rings. The molecule has 1 aliphatic carbocycles. The fourth-order valence-electron chi connectivity index (χ4n) is 2.74. The molecule has 0 aliphatic heterocycles. The molecule has 0 amide bonds. The highest BCUT2D eigenvalue weighted by atomic mass is 16.5. The third kappa shape index (κ3) is 4.62. The molecule has 0 radical (unpaired) electrons. The Bertz CT molecular complexity index is 208. The van der Waals surface area contributed by atoms with Crippen molar-refractivity contribution in [1.82, 2.24) is 5.32 Å². The largest absolute Gasteiger partial charge is 0.383 e. The van der Waals surface area contributed by atoms with Gasteiger partial charge in [-0.25, -0.2) is 0 Å². The minimum atomic E-state index is 0.286. The number of ketones is 1. The summed E-state index contributed by atoms with van der Waals surface area (Å²) in [7, 11) is 1.67. The fraction of sp³-hybridized carbons (Fsp3) is 0.923. The molecule has 1 N–H and O–H groups in total. The van der Waals surface area contributed by atoms with Crippen molar-refractivity contribution in [3.05, 3.63) is 0 Å². The van der Waals surface area contributed by atoms with E-state index in [9.17, 15) is 4.79 Å². The van der Waals surface area contributed by atoms with Gasteiger partial charge in [-0.05, 0) is 31.1 Å². The third-order valence-electron chi connectivity index (χ3n) is 3.42. The molecule has 1 rings (SSSR count). The zero-order chi connectivity index (χ0) is 12.0. The Kier molecular flexibility index (Phi) is 5.99. The van der Waals surface area contributed by atoms with Crippen LogP contribution in [0.4, 0.5) is 0 Å². The number of hydrogen-bond donors (Lipinski definition) is 1. The maximum Gasteiger partial charge on any atom is 0.149 e. The second-order valence-electron chi connectivity index (χ2n) is 5.25. The topological polar surface area (TPSA) is 38.3 Å². The lowest BCUT2D eigenvalue weighted by molar-refractivity contribution is -0.123. The van der Waals surface area contributed by atoms with Crippen LogP contribution in [0.5, 0.6) is 0 Å². The number of rotatable bonds is 6. The second kappa shape index (κ2) is 7.02. The summed E-state index contributed by atoms with van der Waals surface area (Å²) < 4.78 is 4.93. The molecule has 0 aromatic carbocycles. The Balaban J connectivity index is 2.24. The SMILES string of the molecule is COCCNCC(=O)C1CC(C)CC(C)C1. The van der Waals surface area contributed by atoms with Crippen LogP contribution < -0.4 is 5.32 Å². The van der Waals surface area contributed by atoms with E-state index in [-0.39, 0.29) is 5.92 Å². The molecular weight excluding hydrogens is 202 g/mol. The number of nitrogens with one attached hydrogen (secondary N) is 1. The lowest BCUT2D eigenvalue weighted by Crippen LogP contribution is -2.34. The van der Waals surface area contributed by atoms with Gasteiger partial charge in [0.25, 0.3) is 0 Å². The zero-order valence-electron chi connectivity index (χ0n) is 10.8. The van der Waals surface area contributed by atoms with Gasteiger partial charge >= 0.3 is 0 Å². The number of carbonyl (C=O) groups is 1. The Morgan fingerprint density at radius 1 is 1.25 bits per heavy atom. The van der Waals surface area contributed by atoms with E-state index in [1.54, 1.807) is 7.11 Å². The van der Waals surface area contributed by atoms with Crippen molar-refractivity contribution < 1.29 is 9.53 Å². The average Bonchev–Trinajstić information content (AvgIpc) is 2.22. The van der Waals surface area contributed by atoms with E-state index in [2.05, 4.69) is 19.2 Å². The van der Waals surface area contributed by atoms with Crippen molar-refractivity contribution in [3.8, 4) is 0 Å². The number of carbonyl (C=O) groups excluding carboxylic acids is 1. The van der Waals surface area contributed by atoms with E-state index in [0.717, 1.165) is 19.4 Å². The predicted octanol–water partition coefficient (Wildman–Crippen LogP) is 1.86. The Hall–Kier alpha value is -0.410. The first-order valence-electron chi connectivity index (χ1n) is 6.35. The molecule has 2 atom stereocenters. The van der Waals surface area contributed by atoms with Gasteiger partial charge in [-0.2, -0.15) is 0 Å². The summed E-state index contributed by atoms with van der Waals surface area (Å²) in [5.41, 5.74) is 0. The molecule has 2 unspecified atom stereocenters. The van der Waals surface area contributed by atoms with E-state index < -0.39 is 0 Å². The molecule has 0 spiro atoms. The van der Waals surface area contributed by atoms with Crippen LogP contribution in [-0.4, -0.2) is 32.6 Å². The number of ether oxygens (including phenoxy) is 1. The summed E-state index contributed by atoms with van der Waals surface area (Å²) in [6, 6.07) is 0. The van der Waals surface area contributed by atoms with E-state index in [1.807, 2.05) is 0 Å². The van der Waals surface area contributed by atoms with Crippen LogP contribution >= 0.6 is 0 Å². The minimum Gasteiger partial charge on any atom is -0.383 e. The van der Waals surface area contributed by atoms with Gasteiger partial charge in [-0.3, -0.25) is 4.79 Å². The van der Waals surface area contributed by atoms with E-state index >= 15 is 0 Å². The maximum absolute atomic E-state index is 11.9. The van der Waals surface area contributed by atoms with E-state index in [0.29, 0.717) is 30.8 Å². The van der Waals surface area contributed by atoms with Gasteiger partial charge in [0.2, 0.25) is 0 Å². The lowest BCUT2D eigenvalue weighted by Gasteiger charge is -2.30. The van der Waals surface area contributed by atoms with Crippen LogP contribution in [0.1, 0.15) is 33.1 Å². The third-order valence-corrected chi connectivity index (χ3v) is 3.42. The predicted molar refractivity (Wildman–Crippen MR) is 65.4 cm³/mol. The molecule has 3 nitrogen and oxygen atoms in total. The second-order valence-corrected chi connectivity index (χ2v) is 5.25. The van der Waals surface area contributed by atoms with Gasteiger partial charge < -0.3 is 10.1 Å². The summed E-state index contributed by atoms with van der Waals surface area (Å²) in [6.07, 6.45) is 3.44. The summed E-state index contributed by atoms with van der Waals surface area (Å²) in [4.78, 5) is 11.9. The molecule has 0 aromatic heterocycles. The summed E-state index contributed by atoms with van der Waals surface area (Å²) >= 11 is 0. The normalized spacial score (nSPS) is 30.3. The van der Waals surface area contributed by atoms with Crippen molar-refractivity contribution in [1.29, 1.82) is 0 Å². The number of Topliss-reactive ketones (excluding diaryl/α,β-unsaturated/α-hetero) is 1. The van der Waals surface area contributed by atoms with Crippen molar-refractivity contribution in [2.45, 2.75) is 33.1 Å². The molecule has 1 saturated carbocycles. The smallest absolute Gasteiger partial charge is 0.149 e. The van der Waals surface area contributed by atoms with Crippen LogP contribution in [0.25, 0.3) is 0 Å². The lowest BCUT2D eigenvalue weighted by atomic mass is 9.75. The molecule has 3 heteroatoms. The fourth-order valence-corrected chi connectivity index (χ4v) is 2.74. The van der Waals surface area contributed by atoms with E-state index in [4.69, 9.17) is 4.74 Å². The molecule has 0 heterocycles. The number of methoxy groups -OCH3 is 1. The highest BCUT2D eigenvalue weighted by molar-refractivity contribution is 5.83. The van der Waals surface area contributed by atoms with Crippen LogP contribution in [0.3, 0.4) is 0 Å². The van der Waals surface area contributed by atoms with Gasteiger partial charge in [0.05, 0.1) is 13.2 Å². The van der Waals surface area contributed by atoms with Gasteiger partial charge in [0, 0.05) is 19.6 Å². The van der Waals surface area contributed by atoms with Gasteiger partial charge in [0.15, 0.2) is 0 Å². The standard InChI is InChI=1S/C13H25NO2/c1-10-6-11(2)8-12(7-10)13(15)9-14-4-5-16-3/h10-12,14H,4-9H2,1-3H3. The number of hydrogen-bond acceptors (Lipinski definition) is 3. The molecule has 0 bridgehead atoms. The summed E-state index contributed by atoms with van der Waals surface area (Å²) in [5.74, 6) is 2.08. The summed E-state index contributed by atoms with van der Waals surface area (Å²) in [6.45, 7) is 6.46. The quantitative estimate of drug-likeness (QED) is 0.704. The van der Waals surface area contributed by atoms with Crippen molar-refractivity contribution in [2.24, 2.45) is 17.8 Å². The Morgan fingerprint density at radius 2 is 1.88 bits per heavy atom. The molecular formula is C13H25NO2. The molecule has 0 saturated heterocycles. The van der Waals surface area contributed by atoms with Gasteiger partial charge in [0.1, 0.15) is 5.78 Å². The highest BCUT2D eigenvalue weighted by Crippen LogP contribution is 2.33. The summed E-state index contributed by atoms with van der Waals surface area (Å²) in [5, 5.41) is 3.14. The Morgan fingerprint density at radius 3 is 2.44 bits per heavy atom. The van der Waals surface area contributed by atoms with Crippen LogP contribution in [0.2, 0.25) is 0 Å². The van der Waals surface area contributed by atoms with Crippen molar-refractivity contribution in [2.75, 3.05) is 26.8 Å². The van der Waals surface area contributed by atoms with Gasteiger partial charge in [-0.1, -0.05) is 13.8 Å².